The van der Waals surface area contributed by atoms with Gasteiger partial charge in [0.05, 0.1) is 17.0 Å². The molecule has 11 heteroatoms. The third-order valence-electron chi connectivity index (χ3n) is 5.51. The Bertz CT molecular complexity index is 873. The largest absolute Gasteiger partial charge is 0.393 e. The summed E-state index contributed by atoms with van der Waals surface area (Å²) in [6, 6.07) is 2.59. The predicted molar refractivity (Wildman–Crippen MR) is 105 cm³/mol. The summed E-state index contributed by atoms with van der Waals surface area (Å²) < 4.78 is 72.8. The minimum absolute atomic E-state index is 0.0398. The number of rotatable bonds is 6. The molecule has 1 aromatic carbocycles. The van der Waals surface area contributed by atoms with Gasteiger partial charge in [-0.2, -0.15) is 13.2 Å². The van der Waals surface area contributed by atoms with Crippen LogP contribution >= 0.6 is 11.6 Å². The van der Waals surface area contributed by atoms with Crippen LogP contribution in [0.2, 0.25) is 5.02 Å². The Balaban J connectivity index is 1.74. The summed E-state index contributed by atoms with van der Waals surface area (Å²) in [4.78, 5) is 12.3. The highest BCUT2D eigenvalue weighted by Crippen LogP contribution is 2.38. The lowest BCUT2D eigenvalue weighted by Crippen LogP contribution is -2.47. The molecule has 1 saturated carbocycles. The maximum atomic E-state index is 13.3. The molecule has 0 bridgehead atoms. The predicted octanol–water partition coefficient (Wildman–Crippen LogP) is 3.65. The van der Waals surface area contributed by atoms with Gasteiger partial charge in [-0.15, -0.1) is 0 Å². The zero-order valence-electron chi connectivity index (χ0n) is 16.2. The normalized spacial score (nSPS) is 25.3. The van der Waals surface area contributed by atoms with E-state index in [2.05, 4.69) is 10.0 Å². The standard InChI is InChI=1S/C19H24ClF3N2O4S/c20-15-8-7-12(10-17(15)30(27,28)24-11-13-4-3-9-29-13)18(26)25-16-6-2-1-5-14(16)19(21,22)23/h7-8,10,13-14,16,24H,1-6,9,11H2,(H,25,26). The Morgan fingerprint density at radius 1 is 1.17 bits per heavy atom. The molecule has 2 fully saturated rings. The number of hydrogen-bond donors (Lipinski definition) is 2. The van der Waals surface area contributed by atoms with Crippen molar-refractivity contribution in [3.8, 4) is 0 Å². The summed E-state index contributed by atoms with van der Waals surface area (Å²) in [6.45, 7) is 0.646. The first-order valence-electron chi connectivity index (χ1n) is 9.86. The molecule has 1 aliphatic carbocycles. The fourth-order valence-corrected chi connectivity index (χ4v) is 5.47. The van der Waals surface area contributed by atoms with Crippen LogP contribution in [0.15, 0.2) is 23.1 Å². The second-order valence-electron chi connectivity index (χ2n) is 7.64. The molecule has 1 aromatic rings. The van der Waals surface area contributed by atoms with Crippen molar-refractivity contribution in [3.05, 3.63) is 28.8 Å². The summed E-state index contributed by atoms with van der Waals surface area (Å²) in [6.07, 6.45) is -1.82. The number of benzene rings is 1. The van der Waals surface area contributed by atoms with Crippen molar-refractivity contribution in [2.45, 2.75) is 61.7 Å². The Kier molecular flexibility index (Phi) is 7.32. The Hall–Kier alpha value is -1.36. The average molecular weight is 469 g/mol. The van der Waals surface area contributed by atoms with E-state index in [9.17, 15) is 26.4 Å². The molecule has 30 heavy (non-hydrogen) atoms. The molecule has 3 rings (SSSR count). The Morgan fingerprint density at radius 2 is 1.90 bits per heavy atom. The van der Waals surface area contributed by atoms with Crippen molar-refractivity contribution < 1.29 is 31.1 Å². The Labute approximate surface area is 178 Å². The van der Waals surface area contributed by atoms with Gasteiger partial charge in [0.2, 0.25) is 10.0 Å². The molecule has 168 valence electrons. The van der Waals surface area contributed by atoms with Gasteiger partial charge in [0, 0.05) is 24.8 Å². The number of ether oxygens (including phenoxy) is 1. The zero-order valence-corrected chi connectivity index (χ0v) is 17.7. The first kappa shape index (κ1) is 23.3. The molecule has 2 N–H and O–H groups in total. The van der Waals surface area contributed by atoms with Gasteiger partial charge >= 0.3 is 6.18 Å². The van der Waals surface area contributed by atoms with Crippen molar-refractivity contribution in [2.75, 3.05) is 13.2 Å². The van der Waals surface area contributed by atoms with Crippen LogP contribution in [0.1, 0.15) is 48.9 Å². The van der Waals surface area contributed by atoms with Gasteiger partial charge in [-0.1, -0.05) is 24.4 Å². The molecule has 1 aliphatic heterocycles. The number of alkyl halides is 3. The number of amides is 1. The molecular formula is C19H24ClF3N2O4S. The molecule has 0 spiro atoms. The van der Waals surface area contributed by atoms with Crippen LogP contribution in [0.4, 0.5) is 13.2 Å². The number of nitrogens with one attached hydrogen (secondary N) is 2. The highest BCUT2D eigenvalue weighted by molar-refractivity contribution is 7.89. The quantitative estimate of drug-likeness (QED) is 0.667. The molecule has 1 amide bonds. The smallest absolute Gasteiger partial charge is 0.377 e. The van der Waals surface area contributed by atoms with E-state index < -0.39 is 34.1 Å². The average Bonchev–Trinajstić information content (AvgIpc) is 3.20. The van der Waals surface area contributed by atoms with Gasteiger partial charge in [0.15, 0.2) is 0 Å². The molecule has 3 unspecified atom stereocenters. The van der Waals surface area contributed by atoms with Crippen molar-refractivity contribution >= 4 is 27.5 Å². The van der Waals surface area contributed by atoms with E-state index in [4.69, 9.17) is 16.3 Å². The van der Waals surface area contributed by atoms with E-state index in [1.165, 1.54) is 12.1 Å². The second kappa shape index (κ2) is 9.42. The molecule has 1 heterocycles. The van der Waals surface area contributed by atoms with Crippen LogP contribution in [-0.2, 0) is 14.8 Å². The summed E-state index contributed by atoms with van der Waals surface area (Å²) in [5.41, 5.74) is -0.0663. The maximum absolute atomic E-state index is 13.3. The topological polar surface area (TPSA) is 84.5 Å². The number of sulfonamides is 1. The SMILES string of the molecule is O=C(NC1CCCCC1C(F)(F)F)c1ccc(Cl)c(S(=O)(=O)NCC2CCCO2)c1. The third kappa shape index (κ3) is 5.66. The van der Waals surface area contributed by atoms with E-state index >= 15 is 0 Å². The number of carbonyl (C=O) groups excluding carboxylic acids is 1. The van der Waals surface area contributed by atoms with Gasteiger partial charge in [0.25, 0.3) is 5.91 Å². The van der Waals surface area contributed by atoms with Crippen molar-refractivity contribution in [2.24, 2.45) is 5.92 Å². The summed E-state index contributed by atoms with van der Waals surface area (Å²) in [5.74, 6) is -2.37. The summed E-state index contributed by atoms with van der Waals surface area (Å²) >= 11 is 6.02. The minimum atomic E-state index is -4.40. The highest BCUT2D eigenvalue weighted by Gasteiger charge is 2.46. The number of halogens is 4. The maximum Gasteiger partial charge on any atom is 0.393 e. The second-order valence-corrected chi connectivity index (χ2v) is 9.79. The first-order chi connectivity index (χ1) is 14.1. The fourth-order valence-electron chi connectivity index (χ4n) is 3.88. The van der Waals surface area contributed by atoms with Crippen LogP contribution in [0.5, 0.6) is 0 Å². The van der Waals surface area contributed by atoms with Crippen molar-refractivity contribution in [1.82, 2.24) is 10.0 Å². The molecule has 0 radical (unpaired) electrons. The lowest BCUT2D eigenvalue weighted by atomic mass is 9.84. The van der Waals surface area contributed by atoms with E-state index in [0.29, 0.717) is 19.4 Å². The fraction of sp³-hybridized carbons (Fsp3) is 0.632. The van der Waals surface area contributed by atoms with Gasteiger partial charge in [-0.05, 0) is 43.9 Å². The van der Waals surface area contributed by atoms with Crippen LogP contribution in [0.3, 0.4) is 0 Å². The molecule has 3 atom stereocenters. The Morgan fingerprint density at radius 3 is 2.57 bits per heavy atom. The van der Waals surface area contributed by atoms with Crippen LogP contribution in [0.25, 0.3) is 0 Å². The molecule has 0 aromatic heterocycles. The zero-order chi connectivity index (χ0) is 21.9. The molecule has 2 aliphatic rings. The number of carbonyl (C=O) groups is 1. The van der Waals surface area contributed by atoms with Gasteiger partial charge in [-0.3, -0.25) is 4.79 Å². The third-order valence-corrected chi connectivity index (χ3v) is 7.42. The lowest BCUT2D eigenvalue weighted by molar-refractivity contribution is -0.187. The minimum Gasteiger partial charge on any atom is -0.377 e. The van der Waals surface area contributed by atoms with Crippen LogP contribution in [-0.4, -0.2) is 45.8 Å². The van der Waals surface area contributed by atoms with Crippen molar-refractivity contribution in [1.29, 1.82) is 0 Å². The number of hydrogen-bond acceptors (Lipinski definition) is 4. The molecular weight excluding hydrogens is 445 g/mol. The molecule has 6 nitrogen and oxygen atoms in total. The van der Waals surface area contributed by atoms with Gasteiger partial charge in [-0.25, -0.2) is 13.1 Å². The summed E-state index contributed by atoms with van der Waals surface area (Å²) in [5, 5.41) is 2.34. The summed E-state index contributed by atoms with van der Waals surface area (Å²) in [7, 11) is -4.02. The van der Waals surface area contributed by atoms with E-state index in [1.54, 1.807) is 0 Å². The first-order valence-corrected chi connectivity index (χ1v) is 11.7. The van der Waals surface area contributed by atoms with E-state index in [1.807, 2.05) is 0 Å². The monoisotopic (exact) mass is 468 g/mol. The van der Waals surface area contributed by atoms with E-state index in [0.717, 1.165) is 18.9 Å². The highest BCUT2D eigenvalue weighted by atomic mass is 35.5. The van der Waals surface area contributed by atoms with Crippen LogP contribution in [0, 0.1) is 5.92 Å². The molecule has 1 saturated heterocycles. The van der Waals surface area contributed by atoms with Gasteiger partial charge < -0.3 is 10.1 Å². The van der Waals surface area contributed by atoms with Crippen molar-refractivity contribution in [3.63, 3.8) is 0 Å². The van der Waals surface area contributed by atoms with Crippen LogP contribution < -0.4 is 10.0 Å². The van der Waals surface area contributed by atoms with Gasteiger partial charge in [0.1, 0.15) is 4.90 Å². The van der Waals surface area contributed by atoms with E-state index in [-0.39, 0.29) is 41.0 Å². The lowest BCUT2D eigenvalue weighted by Gasteiger charge is -2.33.